The lowest BCUT2D eigenvalue weighted by Crippen LogP contribution is -2.57. The molecule has 1 aromatic carbocycles. The van der Waals surface area contributed by atoms with Gasteiger partial charge in [-0.15, -0.1) is 0 Å². The van der Waals surface area contributed by atoms with Crippen molar-refractivity contribution in [1.82, 2.24) is 0 Å². The van der Waals surface area contributed by atoms with E-state index in [0.29, 0.717) is 18.1 Å². The lowest BCUT2D eigenvalue weighted by atomic mass is 9.95. The van der Waals surface area contributed by atoms with Gasteiger partial charge in [-0.25, -0.2) is 0 Å². The van der Waals surface area contributed by atoms with Crippen molar-refractivity contribution in [2.45, 2.75) is 38.5 Å². The third kappa shape index (κ3) is 1.57. The zero-order valence-electron chi connectivity index (χ0n) is 9.70. The number of carbonyl (C=O) groups is 1. The van der Waals surface area contributed by atoms with Gasteiger partial charge in [-0.1, -0.05) is 17.7 Å². The minimum absolute atomic E-state index is 0.127. The number of nitrogens with zero attached hydrogens (tertiary/aromatic N) is 1. The van der Waals surface area contributed by atoms with Crippen LogP contribution >= 0.6 is 11.6 Å². The average molecular weight is 252 g/mol. The van der Waals surface area contributed by atoms with E-state index in [1.165, 1.54) is 0 Å². The van der Waals surface area contributed by atoms with Crippen LogP contribution in [0, 0.1) is 0 Å². The van der Waals surface area contributed by atoms with Crippen LogP contribution in [0.2, 0.25) is 5.02 Å². The molecule has 2 aliphatic rings. The molecule has 17 heavy (non-hydrogen) atoms. The number of hydrogen-bond acceptors (Lipinski definition) is 2. The maximum Gasteiger partial charge on any atom is 0.229 e. The molecular weight excluding hydrogens is 238 g/mol. The maximum atomic E-state index is 12.1. The standard InChI is InChI=1S/C13H14ClNO2/c1-13-7-3-6-12(16)15(13)11-5-2-4-10(14)9(11)8-17-13/h2,4-5H,3,6-8H2,1H3. The van der Waals surface area contributed by atoms with Gasteiger partial charge >= 0.3 is 0 Å². The Labute approximate surface area is 105 Å². The van der Waals surface area contributed by atoms with Crippen LogP contribution in [0.1, 0.15) is 31.7 Å². The molecule has 4 heteroatoms. The van der Waals surface area contributed by atoms with Crippen molar-refractivity contribution in [2.75, 3.05) is 4.90 Å². The van der Waals surface area contributed by atoms with Gasteiger partial charge in [-0.2, -0.15) is 0 Å². The summed E-state index contributed by atoms with van der Waals surface area (Å²) in [4.78, 5) is 13.9. The average Bonchev–Trinajstić information content (AvgIpc) is 2.28. The van der Waals surface area contributed by atoms with E-state index in [9.17, 15) is 4.79 Å². The fourth-order valence-electron chi connectivity index (χ4n) is 2.71. The molecule has 1 aromatic rings. The van der Waals surface area contributed by atoms with Gasteiger partial charge in [0.25, 0.3) is 0 Å². The van der Waals surface area contributed by atoms with Crippen molar-refractivity contribution in [1.29, 1.82) is 0 Å². The topological polar surface area (TPSA) is 29.5 Å². The first-order valence-electron chi connectivity index (χ1n) is 5.86. The number of benzene rings is 1. The summed E-state index contributed by atoms with van der Waals surface area (Å²) in [6.07, 6.45) is 2.36. The van der Waals surface area contributed by atoms with Crippen molar-refractivity contribution in [3.05, 3.63) is 28.8 Å². The third-order valence-corrected chi connectivity index (χ3v) is 3.97. The molecular formula is C13H14ClNO2. The van der Waals surface area contributed by atoms with Crippen molar-refractivity contribution < 1.29 is 9.53 Å². The number of anilines is 1. The summed E-state index contributed by atoms with van der Waals surface area (Å²) in [6, 6.07) is 5.67. The minimum Gasteiger partial charge on any atom is -0.351 e. The first-order chi connectivity index (χ1) is 8.12. The summed E-state index contributed by atoms with van der Waals surface area (Å²) in [5.41, 5.74) is 1.34. The normalized spacial score (nSPS) is 27.6. The van der Waals surface area contributed by atoms with Gasteiger partial charge in [-0.3, -0.25) is 9.69 Å². The van der Waals surface area contributed by atoms with Crippen LogP contribution < -0.4 is 4.90 Å². The summed E-state index contributed by atoms with van der Waals surface area (Å²) < 4.78 is 5.87. The molecule has 0 aromatic heterocycles. The second kappa shape index (κ2) is 3.72. The molecule has 3 rings (SSSR count). The Bertz CT molecular complexity index is 488. The lowest BCUT2D eigenvalue weighted by molar-refractivity contribution is -0.133. The smallest absolute Gasteiger partial charge is 0.229 e. The maximum absolute atomic E-state index is 12.1. The van der Waals surface area contributed by atoms with Gasteiger partial charge in [0.2, 0.25) is 5.91 Å². The molecule has 2 aliphatic heterocycles. The Kier molecular flexibility index (Phi) is 2.42. The van der Waals surface area contributed by atoms with Crippen molar-refractivity contribution in [3.8, 4) is 0 Å². The van der Waals surface area contributed by atoms with E-state index >= 15 is 0 Å². The van der Waals surface area contributed by atoms with Crippen LogP contribution in [0.3, 0.4) is 0 Å². The van der Waals surface area contributed by atoms with Gasteiger partial charge in [0.1, 0.15) is 5.72 Å². The van der Waals surface area contributed by atoms with Gasteiger partial charge in [0, 0.05) is 17.0 Å². The zero-order valence-corrected chi connectivity index (χ0v) is 10.5. The van der Waals surface area contributed by atoms with Crippen molar-refractivity contribution in [3.63, 3.8) is 0 Å². The largest absolute Gasteiger partial charge is 0.351 e. The molecule has 1 fully saturated rings. The highest BCUT2D eigenvalue weighted by atomic mass is 35.5. The minimum atomic E-state index is -0.493. The highest BCUT2D eigenvalue weighted by Gasteiger charge is 2.44. The summed E-state index contributed by atoms with van der Waals surface area (Å²) in [7, 11) is 0. The molecule has 0 saturated carbocycles. The van der Waals surface area contributed by atoms with E-state index in [0.717, 1.165) is 24.1 Å². The van der Waals surface area contributed by atoms with Crippen LogP contribution in [-0.2, 0) is 16.1 Å². The number of fused-ring (bicyclic) bond motifs is 3. The second-order valence-corrected chi connectivity index (χ2v) is 5.19. The molecule has 2 heterocycles. The SMILES string of the molecule is CC12CCCC(=O)N1c1cccc(Cl)c1CO2. The quantitative estimate of drug-likeness (QED) is 0.709. The molecule has 0 aliphatic carbocycles. The number of amides is 1. The Hall–Kier alpha value is -1.06. The second-order valence-electron chi connectivity index (χ2n) is 4.78. The number of halogens is 1. The number of rotatable bonds is 0. The molecule has 90 valence electrons. The number of piperidine rings is 1. The highest BCUT2D eigenvalue weighted by Crippen LogP contribution is 2.43. The Balaban J connectivity index is 2.15. The van der Waals surface area contributed by atoms with Gasteiger partial charge < -0.3 is 4.74 Å². The predicted octanol–water partition coefficient (Wildman–Crippen LogP) is 3.10. The molecule has 0 N–H and O–H groups in total. The van der Waals surface area contributed by atoms with Crippen LogP contribution in [-0.4, -0.2) is 11.6 Å². The van der Waals surface area contributed by atoms with E-state index in [2.05, 4.69) is 0 Å². The molecule has 1 amide bonds. The van der Waals surface area contributed by atoms with Crippen molar-refractivity contribution in [2.24, 2.45) is 0 Å². The molecule has 0 radical (unpaired) electrons. The summed E-state index contributed by atoms with van der Waals surface area (Å²) in [5.74, 6) is 0.127. The van der Waals surface area contributed by atoms with E-state index in [1.54, 1.807) is 4.90 Å². The van der Waals surface area contributed by atoms with E-state index in [-0.39, 0.29) is 5.91 Å². The predicted molar refractivity (Wildman–Crippen MR) is 66.0 cm³/mol. The Morgan fingerprint density at radius 3 is 3.12 bits per heavy atom. The van der Waals surface area contributed by atoms with Crippen LogP contribution in [0.4, 0.5) is 5.69 Å². The molecule has 1 unspecified atom stereocenters. The molecule has 1 saturated heterocycles. The summed E-state index contributed by atoms with van der Waals surface area (Å²) >= 11 is 6.15. The highest BCUT2D eigenvalue weighted by molar-refractivity contribution is 6.31. The summed E-state index contributed by atoms with van der Waals surface area (Å²) in [5, 5.41) is 0.669. The first kappa shape index (κ1) is 11.1. The van der Waals surface area contributed by atoms with Crippen molar-refractivity contribution >= 4 is 23.2 Å². The van der Waals surface area contributed by atoms with E-state index in [1.807, 2.05) is 25.1 Å². The molecule has 0 spiro atoms. The van der Waals surface area contributed by atoms with Crippen LogP contribution in [0.5, 0.6) is 0 Å². The van der Waals surface area contributed by atoms with Gasteiger partial charge in [0.05, 0.1) is 12.3 Å². The number of hydrogen-bond donors (Lipinski definition) is 0. The summed E-state index contributed by atoms with van der Waals surface area (Å²) in [6.45, 7) is 2.46. The van der Waals surface area contributed by atoms with Crippen LogP contribution in [0.15, 0.2) is 18.2 Å². The van der Waals surface area contributed by atoms with E-state index in [4.69, 9.17) is 16.3 Å². The monoisotopic (exact) mass is 251 g/mol. The fourth-order valence-corrected chi connectivity index (χ4v) is 2.93. The zero-order chi connectivity index (χ0) is 12.0. The fraction of sp³-hybridized carbons (Fsp3) is 0.462. The van der Waals surface area contributed by atoms with Crippen LogP contribution in [0.25, 0.3) is 0 Å². The number of ether oxygens (including phenoxy) is 1. The molecule has 1 atom stereocenters. The lowest BCUT2D eigenvalue weighted by Gasteiger charge is -2.48. The third-order valence-electron chi connectivity index (χ3n) is 3.62. The van der Waals surface area contributed by atoms with E-state index < -0.39 is 5.72 Å². The Morgan fingerprint density at radius 2 is 2.29 bits per heavy atom. The first-order valence-corrected chi connectivity index (χ1v) is 6.24. The number of carbonyl (C=O) groups excluding carboxylic acids is 1. The molecule has 3 nitrogen and oxygen atoms in total. The molecule has 0 bridgehead atoms. The van der Waals surface area contributed by atoms with Gasteiger partial charge in [0.15, 0.2) is 0 Å². The Morgan fingerprint density at radius 1 is 1.47 bits per heavy atom. The van der Waals surface area contributed by atoms with Gasteiger partial charge in [-0.05, 0) is 31.9 Å².